The van der Waals surface area contributed by atoms with Crippen molar-refractivity contribution in [3.05, 3.63) is 72.9 Å². The average Bonchev–Trinajstić information content (AvgIpc) is 3.10. The van der Waals surface area contributed by atoms with Gasteiger partial charge in [-0.15, -0.1) is 0 Å². The van der Waals surface area contributed by atoms with Crippen LogP contribution in [-0.4, -0.2) is 9.55 Å². The van der Waals surface area contributed by atoms with Crippen molar-refractivity contribution in [1.82, 2.24) is 9.55 Å². The van der Waals surface area contributed by atoms with Crippen molar-refractivity contribution in [2.24, 2.45) is 0 Å². The zero-order chi connectivity index (χ0) is 14.5. The van der Waals surface area contributed by atoms with Crippen LogP contribution >= 0.6 is 0 Å². The van der Waals surface area contributed by atoms with Gasteiger partial charge in [0.05, 0.1) is 10.9 Å². The summed E-state index contributed by atoms with van der Waals surface area (Å²) in [6, 6.07) is 22.4. The topological polar surface area (TPSA) is 31.0 Å². The normalized spacial score (nSPS) is 11.6. The fourth-order valence-electron chi connectivity index (χ4n) is 3.15. The van der Waals surface area contributed by atoms with Crippen molar-refractivity contribution < 1.29 is 4.42 Å². The van der Waals surface area contributed by atoms with Gasteiger partial charge < -0.3 is 4.42 Å². The third-order valence-corrected chi connectivity index (χ3v) is 4.07. The van der Waals surface area contributed by atoms with Gasteiger partial charge in [-0.2, -0.15) is 0 Å². The molecule has 0 spiro atoms. The predicted octanol–water partition coefficient (Wildman–Crippen LogP) is 4.92. The number of fused-ring (bicyclic) bond motifs is 5. The highest BCUT2D eigenvalue weighted by molar-refractivity contribution is 6.19. The fourth-order valence-corrected chi connectivity index (χ4v) is 3.15. The van der Waals surface area contributed by atoms with E-state index in [4.69, 9.17) is 4.42 Å². The van der Waals surface area contributed by atoms with Crippen molar-refractivity contribution in [3.63, 3.8) is 0 Å². The van der Waals surface area contributed by atoms with E-state index >= 15 is 0 Å². The van der Waals surface area contributed by atoms with Crippen LogP contribution in [0, 0.1) is 0 Å². The van der Waals surface area contributed by atoms with Crippen LogP contribution in [0.3, 0.4) is 0 Å². The molecule has 0 saturated heterocycles. The molecule has 0 amide bonds. The van der Waals surface area contributed by atoms with Gasteiger partial charge in [0.1, 0.15) is 11.4 Å². The highest BCUT2D eigenvalue weighted by Crippen LogP contribution is 2.38. The van der Waals surface area contributed by atoms with Crippen LogP contribution in [0.1, 0.15) is 0 Å². The van der Waals surface area contributed by atoms with Gasteiger partial charge in [0.2, 0.25) is 5.71 Å². The minimum Gasteiger partial charge on any atom is -0.439 e. The first-order valence-corrected chi connectivity index (χ1v) is 7.25. The second-order valence-electron chi connectivity index (χ2n) is 5.32. The third-order valence-electron chi connectivity index (χ3n) is 4.07. The minimum atomic E-state index is 0.848. The summed E-state index contributed by atoms with van der Waals surface area (Å²) in [6.45, 7) is 0. The molecule has 0 unspecified atom stereocenters. The highest BCUT2D eigenvalue weighted by Gasteiger charge is 2.18. The number of rotatable bonds is 1. The van der Waals surface area contributed by atoms with E-state index in [1.54, 1.807) is 6.20 Å². The van der Waals surface area contributed by atoms with E-state index in [1.165, 1.54) is 5.39 Å². The van der Waals surface area contributed by atoms with Crippen molar-refractivity contribution >= 4 is 33.0 Å². The first kappa shape index (κ1) is 11.6. The van der Waals surface area contributed by atoms with Crippen molar-refractivity contribution in [1.29, 1.82) is 0 Å². The van der Waals surface area contributed by atoms with Gasteiger partial charge in [0.15, 0.2) is 0 Å². The van der Waals surface area contributed by atoms with E-state index in [0.717, 1.165) is 33.4 Å². The smallest absolute Gasteiger partial charge is 0.215 e. The van der Waals surface area contributed by atoms with Crippen LogP contribution < -0.4 is 0 Å². The number of benzene rings is 2. The number of hydrogen-bond acceptors (Lipinski definition) is 2. The van der Waals surface area contributed by atoms with E-state index in [2.05, 4.69) is 33.8 Å². The molecule has 0 aliphatic heterocycles. The Labute approximate surface area is 126 Å². The molecule has 22 heavy (non-hydrogen) atoms. The van der Waals surface area contributed by atoms with E-state index in [-0.39, 0.29) is 0 Å². The van der Waals surface area contributed by atoms with Crippen LogP contribution in [0.2, 0.25) is 0 Å². The predicted molar refractivity (Wildman–Crippen MR) is 88.3 cm³/mol. The van der Waals surface area contributed by atoms with Gasteiger partial charge in [0.25, 0.3) is 0 Å². The number of hydrogen-bond donors (Lipinski definition) is 0. The summed E-state index contributed by atoms with van der Waals surface area (Å²) < 4.78 is 8.23. The fraction of sp³-hybridized carbons (Fsp3) is 0. The first-order valence-electron chi connectivity index (χ1n) is 7.25. The molecular formula is C19H12N2O. The molecule has 3 heteroatoms. The maximum atomic E-state index is 6.15. The molecule has 3 nitrogen and oxygen atoms in total. The van der Waals surface area contributed by atoms with Gasteiger partial charge >= 0.3 is 0 Å². The molecular weight excluding hydrogens is 272 g/mol. The number of furan rings is 1. The monoisotopic (exact) mass is 284 g/mol. The van der Waals surface area contributed by atoms with Crippen LogP contribution in [-0.2, 0) is 0 Å². The molecule has 0 saturated carbocycles. The summed E-state index contributed by atoms with van der Waals surface area (Å²) >= 11 is 0. The molecule has 5 aromatic rings. The molecule has 0 aliphatic rings. The second kappa shape index (κ2) is 4.21. The van der Waals surface area contributed by atoms with Gasteiger partial charge in [-0.3, -0.25) is 4.57 Å². The van der Waals surface area contributed by atoms with Crippen molar-refractivity contribution in [2.75, 3.05) is 0 Å². The van der Waals surface area contributed by atoms with Crippen molar-refractivity contribution in [2.45, 2.75) is 0 Å². The lowest BCUT2D eigenvalue weighted by atomic mass is 10.1. The number of pyridine rings is 1. The van der Waals surface area contributed by atoms with Gasteiger partial charge in [-0.05, 0) is 24.3 Å². The van der Waals surface area contributed by atoms with E-state index in [1.807, 2.05) is 42.5 Å². The summed E-state index contributed by atoms with van der Waals surface area (Å²) in [5.74, 6) is 0.868. The van der Waals surface area contributed by atoms with Crippen LogP contribution in [0.5, 0.6) is 0 Å². The lowest BCUT2D eigenvalue weighted by molar-refractivity contribution is 0.644. The molecule has 3 heterocycles. The summed E-state index contributed by atoms with van der Waals surface area (Å²) in [5.41, 5.74) is 2.87. The molecule has 0 aliphatic carbocycles. The SMILES string of the molecule is c1ccc(-n2c3ccccc3c3c4ccccc4oc32)nc1. The van der Waals surface area contributed by atoms with Crippen LogP contribution in [0.25, 0.3) is 38.8 Å². The third kappa shape index (κ3) is 1.42. The van der Waals surface area contributed by atoms with Crippen LogP contribution in [0.15, 0.2) is 77.3 Å². The summed E-state index contributed by atoms with van der Waals surface area (Å²) in [6.07, 6.45) is 1.80. The molecule has 0 atom stereocenters. The number of para-hydroxylation sites is 2. The zero-order valence-electron chi connectivity index (χ0n) is 11.7. The molecule has 2 aromatic carbocycles. The summed E-state index contributed by atoms with van der Waals surface area (Å²) in [7, 11) is 0. The lowest BCUT2D eigenvalue weighted by Crippen LogP contribution is -1.95. The molecule has 0 radical (unpaired) electrons. The standard InChI is InChI=1S/C19H12N2O/c1-3-9-15-13(7-1)18-14-8-2-4-10-16(14)22-19(18)21(15)17-11-5-6-12-20-17/h1-12H. The molecule has 0 N–H and O–H groups in total. The summed E-state index contributed by atoms with van der Waals surface area (Å²) in [5, 5.41) is 3.48. The molecule has 0 bridgehead atoms. The Bertz CT molecular complexity index is 1120. The second-order valence-corrected chi connectivity index (χ2v) is 5.32. The van der Waals surface area contributed by atoms with E-state index in [9.17, 15) is 0 Å². The number of nitrogens with zero attached hydrogens (tertiary/aromatic N) is 2. The Morgan fingerprint density at radius 2 is 1.55 bits per heavy atom. The highest BCUT2D eigenvalue weighted by atomic mass is 16.3. The molecule has 3 aromatic heterocycles. The Hall–Kier alpha value is -3.07. The lowest BCUT2D eigenvalue weighted by Gasteiger charge is -2.03. The average molecular weight is 284 g/mol. The maximum absolute atomic E-state index is 6.15. The summed E-state index contributed by atoms with van der Waals surface area (Å²) in [4.78, 5) is 4.49. The van der Waals surface area contributed by atoms with E-state index in [0.29, 0.717) is 0 Å². The van der Waals surface area contributed by atoms with Gasteiger partial charge in [-0.25, -0.2) is 4.98 Å². The Morgan fingerprint density at radius 3 is 2.41 bits per heavy atom. The van der Waals surface area contributed by atoms with Gasteiger partial charge in [-0.1, -0.05) is 42.5 Å². The Kier molecular flexibility index (Phi) is 2.22. The maximum Gasteiger partial charge on any atom is 0.215 e. The quantitative estimate of drug-likeness (QED) is 0.437. The Morgan fingerprint density at radius 1 is 0.773 bits per heavy atom. The van der Waals surface area contributed by atoms with Crippen molar-refractivity contribution in [3.8, 4) is 5.82 Å². The molecule has 0 fully saturated rings. The number of aromatic nitrogens is 2. The first-order chi connectivity index (χ1) is 10.9. The Balaban J connectivity index is 2.07. The zero-order valence-corrected chi connectivity index (χ0v) is 11.7. The molecule has 5 rings (SSSR count). The molecule has 104 valence electrons. The minimum absolute atomic E-state index is 0.848. The van der Waals surface area contributed by atoms with Crippen LogP contribution in [0.4, 0.5) is 0 Å². The van der Waals surface area contributed by atoms with E-state index < -0.39 is 0 Å². The van der Waals surface area contributed by atoms with Gasteiger partial charge in [0, 0.05) is 17.0 Å². The largest absolute Gasteiger partial charge is 0.439 e.